The van der Waals surface area contributed by atoms with E-state index in [1.165, 1.54) is 17.1 Å². The molecule has 1 aliphatic rings. The molecule has 0 spiro atoms. The molecule has 2 heterocycles. The van der Waals surface area contributed by atoms with Gasteiger partial charge in [0.05, 0.1) is 12.5 Å². The van der Waals surface area contributed by atoms with Crippen LogP contribution in [0.2, 0.25) is 0 Å². The summed E-state index contributed by atoms with van der Waals surface area (Å²) in [6.07, 6.45) is -0.646. The van der Waals surface area contributed by atoms with Gasteiger partial charge in [-0.05, 0) is 25.9 Å². The van der Waals surface area contributed by atoms with Crippen LogP contribution in [0.1, 0.15) is 23.3 Å². The molecule has 1 N–H and O–H groups in total. The quantitative estimate of drug-likeness (QED) is 0.909. The molecule has 1 saturated heterocycles. The molecule has 1 aromatic heterocycles. The molecule has 1 amide bonds. The van der Waals surface area contributed by atoms with Crippen molar-refractivity contribution < 1.29 is 18.0 Å². The topological polar surface area (TPSA) is 50.2 Å². The van der Waals surface area contributed by atoms with Crippen LogP contribution >= 0.6 is 0 Å². The Morgan fingerprint density at radius 3 is 2.65 bits per heavy atom. The van der Waals surface area contributed by atoms with Crippen molar-refractivity contribution in [3.63, 3.8) is 0 Å². The van der Waals surface area contributed by atoms with Gasteiger partial charge in [0.1, 0.15) is 12.2 Å². The van der Waals surface area contributed by atoms with Crippen molar-refractivity contribution in [2.75, 3.05) is 19.6 Å². The highest BCUT2D eigenvalue weighted by molar-refractivity contribution is 5.92. The Morgan fingerprint density at radius 1 is 1.50 bits per heavy atom. The van der Waals surface area contributed by atoms with E-state index in [4.69, 9.17) is 0 Å². The van der Waals surface area contributed by atoms with E-state index in [-0.39, 0.29) is 11.7 Å². The molecule has 0 bridgehead atoms. The van der Waals surface area contributed by atoms with E-state index in [0.29, 0.717) is 25.9 Å². The van der Waals surface area contributed by atoms with Gasteiger partial charge in [-0.3, -0.25) is 4.79 Å². The fraction of sp³-hybridized carbons (Fsp3) is 0.667. The smallest absolute Gasteiger partial charge is 0.330 e. The SMILES string of the molecule is Cn1cncc1C(=O)N(CC(F)(F)F)C1CCNCC1. The maximum Gasteiger partial charge on any atom is 0.406 e. The van der Waals surface area contributed by atoms with Crippen LogP contribution in [0, 0.1) is 0 Å². The standard InChI is InChI=1S/C12H17F3N4O/c1-18-8-17-6-10(18)11(20)19(7-12(13,14)15)9-2-4-16-5-3-9/h6,8-9,16H,2-5,7H2,1H3. The monoisotopic (exact) mass is 290 g/mol. The molecule has 1 aliphatic heterocycles. The number of carbonyl (C=O) groups is 1. The van der Waals surface area contributed by atoms with E-state index >= 15 is 0 Å². The highest BCUT2D eigenvalue weighted by Crippen LogP contribution is 2.23. The fourth-order valence-corrected chi connectivity index (χ4v) is 2.39. The lowest BCUT2D eigenvalue weighted by molar-refractivity contribution is -0.145. The third-order valence-electron chi connectivity index (χ3n) is 3.40. The lowest BCUT2D eigenvalue weighted by Gasteiger charge is -2.35. The van der Waals surface area contributed by atoms with Gasteiger partial charge in [-0.1, -0.05) is 0 Å². The molecule has 2 rings (SSSR count). The van der Waals surface area contributed by atoms with E-state index in [1.54, 1.807) is 7.05 Å². The van der Waals surface area contributed by atoms with Gasteiger partial charge in [-0.25, -0.2) is 4.98 Å². The highest BCUT2D eigenvalue weighted by Gasteiger charge is 2.37. The van der Waals surface area contributed by atoms with E-state index in [9.17, 15) is 18.0 Å². The minimum atomic E-state index is -4.40. The molecule has 1 aromatic rings. The molecule has 5 nitrogen and oxygen atoms in total. The minimum Gasteiger partial charge on any atom is -0.330 e. The number of imidazole rings is 1. The average Bonchev–Trinajstić information content (AvgIpc) is 2.81. The number of aryl methyl sites for hydroxylation is 1. The fourth-order valence-electron chi connectivity index (χ4n) is 2.39. The van der Waals surface area contributed by atoms with Gasteiger partial charge >= 0.3 is 6.18 Å². The van der Waals surface area contributed by atoms with Crippen LogP contribution < -0.4 is 5.32 Å². The van der Waals surface area contributed by atoms with Crippen molar-refractivity contribution in [1.82, 2.24) is 19.8 Å². The third kappa shape index (κ3) is 3.50. The van der Waals surface area contributed by atoms with Crippen molar-refractivity contribution in [3.05, 3.63) is 18.2 Å². The Kier molecular flexibility index (Phi) is 4.32. The summed E-state index contributed by atoms with van der Waals surface area (Å²) in [5, 5.41) is 3.08. The number of halogens is 3. The number of alkyl halides is 3. The van der Waals surface area contributed by atoms with Gasteiger partial charge in [-0.15, -0.1) is 0 Å². The maximum atomic E-state index is 12.7. The molecule has 0 aliphatic carbocycles. The number of amides is 1. The van der Waals surface area contributed by atoms with Gasteiger partial charge < -0.3 is 14.8 Å². The number of nitrogens with zero attached hydrogens (tertiary/aromatic N) is 3. The summed E-state index contributed by atoms with van der Waals surface area (Å²) in [6, 6.07) is -0.389. The number of rotatable bonds is 3. The number of aromatic nitrogens is 2. The number of hydrogen-bond donors (Lipinski definition) is 1. The normalized spacial score (nSPS) is 17.2. The number of piperidine rings is 1. The Balaban J connectivity index is 2.21. The zero-order chi connectivity index (χ0) is 14.8. The second-order valence-corrected chi connectivity index (χ2v) is 4.92. The van der Waals surface area contributed by atoms with Gasteiger partial charge in [0.15, 0.2) is 0 Å². The van der Waals surface area contributed by atoms with Gasteiger partial charge in [0.25, 0.3) is 5.91 Å². The zero-order valence-electron chi connectivity index (χ0n) is 11.2. The van der Waals surface area contributed by atoms with Gasteiger partial charge in [0.2, 0.25) is 0 Å². The predicted molar refractivity (Wildman–Crippen MR) is 66.2 cm³/mol. The van der Waals surface area contributed by atoms with Crippen LogP contribution in [0.25, 0.3) is 0 Å². The first-order chi connectivity index (χ1) is 9.38. The first-order valence-electron chi connectivity index (χ1n) is 6.43. The molecular formula is C12H17F3N4O. The first-order valence-corrected chi connectivity index (χ1v) is 6.43. The molecule has 0 radical (unpaired) electrons. The van der Waals surface area contributed by atoms with Crippen molar-refractivity contribution in [1.29, 1.82) is 0 Å². The number of carbonyl (C=O) groups excluding carboxylic acids is 1. The Morgan fingerprint density at radius 2 is 2.15 bits per heavy atom. The summed E-state index contributed by atoms with van der Waals surface area (Å²) in [6.45, 7) is 0.0249. The molecule has 1 fully saturated rings. The van der Waals surface area contributed by atoms with E-state index in [1.807, 2.05) is 0 Å². The predicted octanol–water partition coefficient (Wildman–Crippen LogP) is 1.18. The number of nitrogens with one attached hydrogen (secondary N) is 1. The summed E-state index contributed by atoms with van der Waals surface area (Å²) in [7, 11) is 1.59. The zero-order valence-corrected chi connectivity index (χ0v) is 11.2. The van der Waals surface area contributed by atoms with Crippen molar-refractivity contribution in [2.45, 2.75) is 25.1 Å². The summed E-state index contributed by atoms with van der Waals surface area (Å²) >= 11 is 0. The van der Waals surface area contributed by atoms with Crippen LogP contribution in [-0.4, -0.2) is 52.2 Å². The summed E-state index contributed by atoms with van der Waals surface area (Å²) in [5.74, 6) is -0.616. The van der Waals surface area contributed by atoms with Crippen molar-refractivity contribution in [3.8, 4) is 0 Å². The highest BCUT2D eigenvalue weighted by atomic mass is 19.4. The summed E-state index contributed by atoms with van der Waals surface area (Å²) in [5.41, 5.74) is 0.174. The Bertz CT molecular complexity index is 466. The van der Waals surface area contributed by atoms with Crippen molar-refractivity contribution in [2.24, 2.45) is 7.05 Å². The minimum absolute atomic E-state index is 0.174. The molecule has 0 atom stereocenters. The summed E-state index contributed by atoms with van der Waals surface area (Å²) in [4.78, 5) is 17.1. The van der Waals surface area contributed by atoms with Crippen LogP contribution in [0.4, 0.5) is 13.2 Å². The molecule has 20 heavy (non-hydrogen) atoms. The Labute approximate surface area is 114 Å². The molecule has 112 valence electrons. The van der Waals surface area contributed by atoms with Gasteiger partial charge in [0, 0.05) is 13.1 Å². The lowest BCUT2D eigenvalue weighted by Crippen LogP contribution is -2.50. The largest absolute Gasteiger partial charge is 0.406 e. The molecule has 8 heteroatoms. The van der Waals surface area contributed by atoms with Crippen LogP contribution in [0.15, 0.2) is 12.5 Å². The second-order valence-electron chi connectivity index (χ2n) is 4.92. The van der Waals surface area contributed by atoms with E-state index < -0.39 is 18.6 Å². The van der Waals surface area contributed by atoms with E-state index in [0.717, 1.165) is 4.90 Å². The van der Waals surface area contributed by atoms with Crippen LogP contribution in [0.5, 0.6) is 0 Å². The second kappa shape index (κ2) is 5.82. The molecular weight excluding hydrogens is 273 g/mol. The van der Waals surface area contributed by atoms with Crippen molar-refractivity contribution >= 4 is 5.91 Å². The van der Waals surface area contributed by atoms with Crippen LogP contribution in [-0.2, 0) is 7.05 Å². The molecule has 0 unspecified atom stereocenters. The van der Waals surface area contributed by atoms with Crippen LogP contribution in [0.3, 0.4) is 0 Å². The summed E-state index contributed by atoms with van der Waals surface area (Å²) < 4.78 is 39.6. The van der Waals surface area contributed by atoms with E-state index in [2.05, 4.69) is 10.3 Å². The number of hydrogen-bond acceptors (Lipinski definition) is 3. The molecule has 0 aromatic carbocycles. The Hall–Kier alpha value is -1.57. The molecule has 0 saturated carbocycles. The lowest BCUT2D eigenvalue weighted by atomic mass is 10.0. The first kappa shape index (κ1) is 14.8. The maximum absolute atomic E-state index is 12.7. The third-order valence-corrected chi connectivity index (χ3v) is 3.40. The average molecular weight is 290 g/mol. The van der Waals surface area contributed by atoms with Gasteiger partial charge in [-0.2, -0.15) is 13.2 Å².